The Morgan fingerprint density at radius 1 is 1.23 bits per heavy atom. The maximum Gasteiger partial charge on any atom is 0.292 e. The number of nitro benzene ring substituents is 1. The van der Waals surface area contributed by atoms with Gasteiger partial charge in [0.2, 0.25) is 0 Å². The maximum atomic E-state index is 12.6. The molecule has 0 aliphatic carbocycles. The third-order valence-electron chi connectivity index (χ3n) is 5.07. The van der Waals surface area contributed by atoms with Gasteiger partial charge in [-0.05, 0) is 37.9 Å². The first-order valence-electron chi connectivity index (χ1n) is 8.57. The van der Waals surface area contributed by atoms with Gasteiger partial charge >= 0.3 is 0 Å². The number of hydrogen-bond donors (Lipinski definition) is 1. The molecule has 2 amide bonds. The molecule has 0 bridgehead atoms. The third-order valence-corrected chi connectivity index (χ3v) is 5.07. The molecular formula is C17H22N4O5. The lowest BCUT2D eigenvalue weighted by atomic mass is 9.96. The van der Waals surface area contributed by atoms with Gasteiger partial charge < -0.3 is 15.4 Å². The van der Waals surface area contributed by atoms with Crippen LogP contribution in [0.5, 0.6) is 0 Å². The van der Waals surface area contributed by atoms with Crippen molar-refractivity contribution in [1.29, 1.82) is 0 Å². The number of carbonyl (C=O) groups is 2. The molecule has 9 heteroatoms. The molecule has 1 saturated heterocycles. The molecule has 2 aliphatic rings. The highest BCUT2D eigenvalue weighted by Gasteiger charge is 2.39. The van der Waals surface area contributed by atoms with Gasteiger partial charge in [-0.3, -0.25) is 24.6 Å². The molecule has 3 rings (SSSR count). The van der Waals surface area contributed by atoms with Gasteiger partial charge in [-0.25, -0.2) is 0 Å². The summed E-state index contributed by atoms with van der Waals surface area (Å²) in [6.07, 6.45) is 1.78. The Morgan fingerprint density at radius 3 is 2.42 bits per heavy atom. The van der Waals surface area contributed by atoms with Crippen LogP contribution >= 0.6 is 0 Å². The quantitative estimate of drug-likeness (QED) is 0.349. The zero-order valence-corrected chi connectivity index (χ0v) is 14.6. The zero-order valence-electron chi connectivity index (χ0n) is 14.6. The highest BCUT2D eigenvalue weighted by molar-refractivity contribution is 6.22. The van der Waals surface area contributed by atoms with Crippen LogP contribution in [0, 0.1) is 16.0 Å². The SMILES string of the molecule is COCCN1CCC(CN2C(=O)c3cc(N)c([N+](=O)[O-])cc3C2=O)CC1. The molecular weight excluding hydrogens is 340 g/mol. The van der Waals surface area contributed by atoms with Gasteiger partial charge in [0.1, 0.15) is 5.69 Å². The molecule has 1 aromatic rings. The van der Waals surface area contributed by atoms with Crippen LogP contribution in [0.1, 0.15) is 33.6 Å². The van der Waals surface area contributed by atoms with E-state index in [0.29, 0.717) is 13.2 Å². The lowest BCUT2D eigenvalue weighted by Crippen LogP contribution is -2.41. The molecule has 2 heterocycles. The largest absolute Gasteiger partial charge is 0.393 e. The second kappa shape index (κ2) is 7.38. The van der Waals surface area contributed by atoms with Crippen LogP contribution in [-0.4, -0.2) is 66.4 Å². The minimum Gasteiger partial charge on any atom is -0.393 e. The van der Waals surface area contributed by atoms with Gasteiger partial charge in [0.05, 0.1) is 22.7 Å². The summed E-state index contributed by atoms with van der Waals surface area (Å²) in [7, 11) is 1.67. The first kappa shape index (κ1) is 18.3. The molecule has 9 nitrogen and oxygen atoms in total. The number of nitro groups is 1. The summed E-state index contributed by atoms with van der Waals surface area (Å²) >= 11 is 0. The lowest BCUT2D eigenvalue weighted by molar-refractivity contribution is -0.383. The van der Waals surface area contributed by atoms with Gasteiger partial charge in [0.25, 0.3) is 17.5 Å². The third kappa shape index (κ3) is 3.40. The van der Waals surface area contributed by atoms with Crippen LogP contribution in [0.3, 0.4) is 0 Å². The van der Waals surface area contributed by atoms with Crippen molar-refractivity contribution in [2.75, 3.05) is 45.6 Å². The Labute approximate surface area is 150 Å². The molecule has 2 aliphatic heterocycles. The van der Waals surface area contributed by atoms with Crippen LogP contribution in [0.2, 0.25) is 0 Å². The highest BCUT2D eigenvalue weighted by Crippen LogP contribution is 2.32. The van der Waals surface area contributed by atoms with Gasteiger partial charge in [-0.1, -0.05) is 0 Å². The van der Waals surface area contributed by atoms with Gasteiger partial charge in [0, 0.05) is 26.3 Å². The molecule has 0 radical (unpaired) electrons. The first-order valence-corrected chi connectivity index (χ1v) is 8.57. The van der Waals surface area contributed by atoms with E-state index < -0.39 is 16.7 Å². The van der Waals surface area contributed by atoms with E-state index in [9.17, 15) is 19.7 Å². The summed E-state index contributed by atoms with van der Waals surface area (Å²) in [4.78, 5) is 39.0. The fourth-order valence-electron chi connectivity index (χ4n) is 3.54. The van der Waals surface area contributed by atoms with Crippen molar-refractivity contribution in [1.82, 2.24) is 9.80 Å². The second-order valence-corrected chi connectivity index (χ2v) is 6.71. The van der Waals surface area contributed by atoms with Crippen LogP contribution in [0.15, 0.2) is 12.1 Å². The Bertz CT molecular complexity index is 743. The van der Waals surface area contributed by atoms with E-state index in [2.05, 4.69) is 4.90 Å². The number of methoxy groups -OCH3 is 1. The van der Waals surface area contributed by atoms with Crippen molar-refractivity contribution in [2.45, 2.75) is 12.8 Å². The fraction of sp³-hybridized carbons (Fsp3) is 0.529. The summed E-state index contributed by atoms with van der Waals surface area (Å²) in [5.41, 5.74) is 5.40. The van der Waals surface area contributed by atoms with Crippen LogP contribution in [-0.2, 0) is 4.74 Å². The fourth-order valence-corrected chi connectivity index (χ4v) is 3.54. The number of ether oxygens (including phenoxy) is 1. The summed E-state index contributed by atoms with van der Waals surface area (Å²) in [5.74, 6) is -0.674. The minimum atomic E-state index is -0.647. The number of carbonyl (C=O) groups excluding carboxylic acids is 2. The smallest absolute Gasteiger partial charge is 0.292 e. The van der Waals surface area contributed by atoms with Crippen LogP contribution < -0.4 is 5.73 Å². The van der Waals surface area contributed by atoms with Crippen LogP contribution in [0.25, 0.3) is 0 Å². The molecule has 0 aromatic heterocycles. The second-order valence-electron chi connectivity index (χ2n) is 6.71. The zero-order chi connectivity index (χ0) is 18.8. The number of benzene rings is 1. The molecule has 0 unspecified atom stereocenters. The molecule has 0 atom stereocenters. The van der Waals surface area contributed by atoms with E-state index in [1.165, 1.54) is 11.0 Å². The molecule has 0 saturated carbocycles. The maximum absolute atomic E-state index is 12.6. The van der Waals surface area contributed by atoms with Crippen molar-refractivity contribution < 1.29 is 19.2 Å². The molecule has 140 valence electrons. The summed E-state index contributed by atoms with van der Waals surface area (Å²) in [6, 6.07) is 2.35. The lowest BCUT2D eigenvalue weighted by Gasteiger charge is -2.33. The Balaban J connectivity index is 1.68. The number of anilines is 1. The van der Waals surface area contributed by atoms with Crippen molar-refractivity contribution in [3.05, 3.63) is 33.4 Å². The molecule has 2 N–H and O–H groups in total. The monoisotopic (exact) mass is 362 g/mol. The average Bonchev–Trinajstić information content (AvgIpc) is 2.84. The number of fused-ring (bicyclic) bond motifs is 1. The standard InChI is InChI=1S/C17H22N4O5/c1-26-7-6-19-4-2-11(3-5-19)10-20-16(22)12-8-14(18)15(21(24)25)9-13(12)17(20)23/h8-9,11H,2-7,10,18H2,1H3. The van der Waals surface area contributed by atoms with Crippen molar-refractivity contribution in [3.63, 3.8) is 0 Å². The molecule has 0 spiro atoms. The predicted octanol–water partition coefficient (Wildman–Crippen LogP) is 1.13. The number of imide groups is 1. The van der Waals surface area contributed by atoms with Crippen LogP contribution in [0.4, 0.5) is 11.4 Å². The van der Waals surface area contributed by atoms with Gasteiger partial charge in [-0.2, -0.15) is 0 Å². The Hall–Kier alpha value is -2.52. The van der Waals surface area contributed by atoms with Crippen molar-refractivity contribution in [3.8, 4) is 0 Å². The van der Waals surface area contributed by atoms with Crippen molar-refractivity contribution >= 4 is 23.2 Å². The minimum absolute atomic E-state index is 0.0634. The number of hydrogen-bond acceptors (Lipinski definition) is 7. The van der Waals surface area contributed by atoms with Crippen molar-refractivity contribution in [2.24, 2.45) is 5.92 Å². The van der Waals surface area contributed by atoms with E-state index in [4.69, 9.17) is 10.5 Å². The molecule has 1 fully saturated rings. The van der Waals surface area contributed by atoms with Gasteiger partial charge in [0.15, 0.2) is 0 Å². The first-order chi connectivity index (χ1) is 12.4. The Morgan fingerprint density at radius 2 is 1.85 bits per heavy atom. The number of likely N-dealkylation sites (tertiary alicyclic amines) is 1. The summed E-state index contributed by atoms with van der Waals surface area (Å²) < 4.78 is 5.08. The van der Waals surface area contributed by atoms with E-state index in [-0.39, 0.29) is 28.4 Å². The van der Waals surface area contributed by atoms with E-state index in [1.54, 1.807) is 7.11 Å². The number of nitrogens with zero attached hydrogens (tertiary/aromatic N) is 3. The van der Waals surface area contributed by atoms with E-state index in [1.807, 2.05) is 0 Å². The van der Waals surface area contributed by atoms with E-state index in [0.717, 1.165) is 38.5 Å². The summed E-state index contributed by atoms with van der Waals surface area (Å²) in [5, 5.41) is 11.0. The predicted molar refractivity (Wildman–Crippen MR) is 93.9 cm³/mol. The van der Waals surface area contributed by atoms with E-state index >= 15 is 0 Å². The number of rotatable bonds is 6. The Kier molecular flexibility index (Phi) is 5.19. The normalized spacial score (nSPS) is 18.4. The average molecular weight is 362 g/mol. The molecule has 26 heavy (non-hydrogen) atoms. The number of nitrogens with two attached hydrogens (primary N) is 1. The molecule has 1 aromatic carbocycles. The van der Waals surface area contributed by atoms with Gasteiger partial charge in [-0.15, -0.1) is 0 Å². The number of amides is 2. The highest BCUT2D eigenvalue weighted by atomic mass is 16.6. The topological polar surface area (TPSA) is 119 Å². The summed E-state index contributed by atoms with van der Waals surface area (Å²) in [6.45, 7) is 3.69. The number of nitrogen functional groups attached to an aromatic ring is 1. The number of piperidine rings is 1.